The first-order chi connectivity index (χ1) is 13.7. The molecule has 0 fully saturated rings. The summed E-state index contributed by atoms with van der Waals surface area (Å²) >= 11 is 0. The Balaban J connectivity index is 1.39. The molecule has 0 bridgehead atoms. The number of ether oxygens (including phenoxy) is 2. The molecule has 0 radical (unpaired) electrons. The molecule has 2 atom stereocenters. The molecule has 28 heavy (non-hydrogen) atoms. The molecule has 2 aromatic carbocycles. The zero-order valence-corrected chi connectivity index (χ0v) is 15.5. The summed E-state index contributed by atoms with van der Waals surface area (Å²) in [6.07, 6.45) is 3.33. The molecule has 1 aliphatic rings. The van der Waals surface area contributed by atoms with Crippen molar-refractivity contribution in [3.8, 4) is 11.5 Å². The van der Waals surface area contributed by atoms with E-state index in [-0.39, 0.29) is 18.2 Å². The Bertz CT molecular complexity index is 942. The molecule has 0 aliphatic carbocycles. The summed E-state index contributed by atoms with van der Waals surface area (Å²) in [4.78, 5) is 17.0. The summed E-state index contributed by atoms with van der Waals surface area (Å²) in [6.45, 7) is 0.723. The Labute approximate surface area is 163 Å². The van der Waals surface area contributed by atoms with Crippen LogP contribution >= 0.6 is 0 Å². The van der Waals surface area contributed by atoms with E-state index < -0.39 is 0 Å². The maximum absolute atomic E-state index is 12.6. The van der Waals surface area contributed by atoms with Gasteiger partial charge >= 0.3 is 6.03 Å². The maximum Gasteiger partial charge on any atom is 0.315 e. The summed E-state index contributed by atoms with van der Waals surface area (Å²) in [7, 11) is 1.91. The van der Waals surface area contributed by atoms with E-state index in [2.05, 4.69) is 15.6 Å². The highest BCUT2D eigenvalue weighted by atomic mass is 16.6. The molecule has 1 aromatic heterocycles. The zero-order valence-electron chi connectivity index (χ0n) is 15.5. The van der Waals surface area contributed by atoms with E-state index in [0.29, 0.717) is 18.9 Å². The molecule has 1 aliphatic heterocycles. The molecular formula is C21H22N4O3. The minimum Gasteiger partial charge on any atom is -0.486 e. The van der Waals surface area contributed by atoms with Crippen LogP contribution in [0, 0.1) is 0 Å². The highest BCUT2D eigenvalue weighted by Crippen LogP contribution is 2.30. The number of hydrogen-bond donors (Lipinski definition) is 2. The van der Waals surface area contributed by atoms with Gasteiger partial charge in [0.15, 0.2) is 17.6 Å². The van der Waals surface area contributed by atoms with Crippen molar-refractivity contribution in [2.45, 2.75) is 12.1 Å². The number of carbonyl (C=O) groups is 1. The normalized spacial score (nSPS) is 16.2. The van der Waals surface area contributed by atoms with Gasteiger partial charge < -0.3 is 24.7 Å². The molecule has 2 amide bonds. The van der Waals surface area contributed by atoms with Crippen LogP contribution in [-0.2, 0) is 7.05 Å². The third-order valence-electron chi connectivity index (χ3n) is 4.58. The number of rotatable bonds is 5. The van der Waals surface area contributed by atoms with E-state index in [9.17, 15) is 4.79 Å². The van der Waals surface area contributed by atoms with Gasteiger partial charge in [-0.25, -0.2) is 9.78 Å². The number of carbonyl (C=O) groups excluding carboxylic acids is 1. The van der Waals surface area contributed by atoms with Crippen LogP contribution in [0.4, 0.5) is 4.79 Å². The van der Waals surface area contributed by atoms with Crippen molar-refractivity contribution >= 4 is 6.03 Å². The highest BCUT2D eigenvalue weighted by molar-refractivity contribution is 5.74. The van der Waals surface area contributed by atoms with Gasteiger partial charge in [-0.2, -0.15) is 0 Å². The summed E-state index contributed by atoms with van der Waals surface area (Å²) in [5.74, 6) is 2.17. The van der Waals surface area contributed by atoms with Crippen LogP contribution in [0.15, 0.2) is 67.0 Å². The SMILES string of the molecule is Cn1ccnc1[C@@H](NC(=O)NC[C@H]1COc2ccccc2O1)c1ccccc1. The Morgan fingerprint density at radius 1 is 1.18 bits per heavy atom. The number of para-hydroxylation sites is 2. The van der Waals surface area contributed by atoms with Crippen molar-refractivity contribution in [2.75, 3.05) is 13.2 Å². The standard InChI is InChI=1S/C21H22N4O3/c1-25-12-11-22-20(25)19(15-7-3-2-4-8-15)24-21(26)23-13-16-14-27-17-9-5-6-10-18(17)28-16/h2-12,16,19H,13-14H2,1H3,(H2,23,24,26)/t16-,19-/m0/s1. The molecule has 2 heterocycles. The van der Waals surface area contributed by atoms with Crippen LogP contribution in [0.2, 0.25) is 0 Å². The number of nitrogens with one attached hydrogen (secondary N) is 2. The van der Waals surface area contributed by atoms with Gasteiger partial charge in [-0.05, 0) is 17.7 Å². The quantitative estimate of drug-likeness (QED) is 0.716. The number of imidazole rings is 1. The lowest BCUT2D eigenvalue weighted by Crippen LogP contribution is -2.45. The Morgan fingerprint density at radius 3 is 2.68 bits per heavy atom. The summed E-state index contributed by atoms with van der Waals surface area (Å²) in [6, 6.07) is 16.6. The van der Waals surface area contributed by atoms with E-state index in [1.54, 1.807) is 6.20 Å². The van der Waals surface area contributed by atoms with Gasteiger partial charge in [0.2, 0.25) is 0 Å². The Morgan fingerprint density at radius 2 is 1.93 bits per heavy atom. The van der Waals surface area contributed by atoms with E-state index in [1.165, 1.54) is 0 Å². The van der Waals surface area contributed by atoms with Crippen molar-refractivity contribution < 1.29 is 14.3 Å². The number of hydrogen-bond acceptors (Lipinski definition) is 4. The lowest BCUT2D eigenvalue weighted by atomic mass is 10.1. The molecular weight excluding hydrogens is 356 g/mol. The molecule has 0 unspecified atom stereocenters. The van der Waals surface area contributed by atoms with Gasteiger partial charge in [0, 0.05) is 19.4 Å². The van der Waals surface area contributed by atoms with Crippen molar-refractivity contribution in [3.05, 3.63) is 78.4 Å². The lowest BCUT2D eigenvalue weighted by molar-refractivity contribution is 0.0917. The van der Waals surface area contributed by atoms with E-state index in [0.717, 1.165) is 17.1 Å². The summed E-state index contributed by atoms with van der Waals surface area (Å²) in [5, 5.41) is 5.88. The minimum atomic E-state index is -0.356. The third kappa shape index (κ3) is 3.93. The topological polar surface area (TPSA) is 77.4 Å². The van der Waals surface area contributed by atoms with Crippen LogP contribution in [0.25, 0.3) is 0 Å². The third-order valence-corrected chi connectivity index (χ3v) is 4.58. The number of nitrogens with zero attached hydrogens (tertiary/aromatic N) is 2. The van der Waals surface area contributed by atoms with Crippen LogP contribution in [-0.4, -0.2) is 34.8 Å². The maximum atomic E-state index is 12.6. The smallest absolute Gasteiger partial charge is 0.315 e. The van der Waals surface area contributed by atoms with Crippen LogP contribution < -0.4 is 20.1 Å². The molecule has 7 heteroatoms. The fraction of sp³-hybridized carbons (Fsp3) is 0.238. The Kier molecular flexibility index (Phi) is 5.14. The second-order valence-corrected chi connectivity index (χ2v) is 6.59. The number of fused-ring (bicyclic) bond motifs is 1. The molecule has 144 valence electrons. The van der Waals surface area contributed by atoms with Crippen molar-refractivity contribution in [2.24, 2.45) is 7.05 Å². The zero-order chi connectivity index (χ0) is 19.3. The fourth-order valence-electron chi connectivity index (χ4n) is 3.15. The first kappa shape index (κ1) is 17.9. The minimum absolute atomic E-state index is 0.246. The fourth-order valence-corrected chi connectivity index (χ4v) is 3.15. The second kappa shape index (κ2) is 8.04. The van der Waals surface area contributed by atoms with Crippen molar-refractivity contribution in [3.63, 3.8) is 0 Å². The average molecular weight is 378 g/mol. The largest absolute Gasteiger partial charge is 0.486 e. The lowest BCUT2D eigenvalue weighted by Gasteiger charge is -2.27. The van der Waals surface area contributed by atoms with Crippen molar-refractivity contribution in [1.29, 1.82) is 0 Å². The van der Waals surface area contributed by atoms with Gasteiger partial charge in [0.1, 0.15) is 18.5 Å². The van der Waals surface area contributed by atoms with E-state index in [4.69, 9.17) is 9.47 Å². The molecule has 0 saturated heterocycles. The molecule has 2 N–H and O–H groups in total. The summed E-state index contributed by atoms with van der Waals surface area (Å²) < 4.78 is 13.5. The van der Waals surface area contributed by atoms with Crippen LogP contribution in [0.5, 0.6) is 11.5 Å². The van der Waals surface area contributed by atoms with E-state index >= 15 is 0 Å². The van der Waals surface area contributed by atoms with Gasteiger partial charge in [-0.3, -0.25) is 0 Å². The average Bonchev–Trinajstić information content (AvgIpc) is 3.16. The number of urea groups is 1. The molecule has 0 saturated carbocycles. The number of benzene rings is 2. The number of aryl methyl sites for hydroxylation is 1. The number of amides is 2. The number of aromatic nitrogens is 2. The first-order valence-corrected chi connectivity index (χ1v) is 9.16. The predicted molar refractivity (Wildman–Crippen MR) is 104 cm³/mol. The van der Waals surface area contributed by atoms with Crippen LogP contribution in [0.3, 0.4) is 0 Å². The van der Waals surface area contributed by atoms with Gasteiger partial charge in [0.25, 0.3) is 0 Å². The second-order valence-electron chi connectivity index (χ2n) is 6.59. The molecule has 4 rings (SSSR count). The monoisotopic (exact) mass is 378 g/mol. The van der Waals surface area contributed by atoms with Gasteiger partial charge in [-0.15, -0.1) is 0 Å². The van der Waals surface area contributed by atoms with Crippen LogP contribution in [0.1, 0.15) is 17.4 Å². The van der Waals surface area contributed by atoms with Gasteiger partial charge in [-0.1, -0.05) is 42.5 Å². The predicted octanol–water partition coefficient (Wildman–Crippen LogP) is 2.65. The van der Waals surface area contributed by atoms with Gasteiger partial charge in [0.05, 0.1) is 6.54 Å². The van der Waals surface area contributed by atoms with Crippen molar-refractivity contribution in [1.82, 2.24) is 20.2 Å². The molecule has 7 nitrogen and oxygen atoms in total. The first-order valence-electron chi connectivity index (χ1n) is 9.16. The van der Waals surface area contributed by atoms with E-state index in [1.807, 2.05) is 72.4 Å². The molecule has 3 aromatic rings. The molecule has 0 spiro atoms. The highest BCUT2D eigenvalue weighted by Gasteiger charge is 2.23. The Hall–Kier alpha value is -3.48. The summed E-state index contributed by atoms with van der Waals surface area (Å²) in [5.41, 5.74) is 0.957.